The van der Waals surface area contributed by atoms with Crippen molar-refractivity contribution < 1.29 is 9.47 Å². The third kappa shape index (κ3) is 7.34. The first-order chi connectivity index (χ1) is 10.7. The Morgan fingerprint density at radius 2 is 2.26 bits per heavy atom. The summed E-state index contributed by atoms with van der Waals surface area (Å²) in [5.74, 6) is 2.28. The summed E-state index contributed by atoms with van der Waals surface area (Å²) in [6.45, 7) is 3.14. The molecule has 0 bridgehead atoms. The second-order valence-electron chi connectivity index (χ2n) is 5.55. The van der Waals surface area contributed by atoms with Crippen LogP contribution in [-0.4, -0.2) is 56.8 Å². The van der Waals surface area contributed by atoms with Gasteiger partial charge in [-0.2, -0.15) is 0 Å². The van der Waals surface area contributed by atoms with E-state index in [1.807, 2.05) is 19.2 Å². The van der Waals surface area contributed by atoms with Gasteiger partial charge in [0.05, 0.1) is 13.7 Å². The Morgan fingerprint density at radius 3 is 2.91 bits per heavy atom. The second kappa shape index (κ2) is 10.6. The highest BCUT2D eigenvalue weighted by atomic mass is 127. The van der Waals surface area contributed by atoms with Crippen LogP contribution in [0.1, 0.15) is 18.4 Å². The molecule has 0 amide bonds. The highest BCUT2D eigenvalue weighted by Gasteiger charge is 2.21. The van der Waals surface area contributed by atoms with Crippen LogP contribution in [0.5, 0.6) is 5.88 Å². The van der Waals surface area contributed by atoms with Gasteiger partial charge in [0.25, 0.3) is 0 Å². The van der Waals surface area contributed by atoms with Crippen molar-refractivity contribution in [3.8, 4) is 5.88 Å². The molecule has 1 aliphatic carbocycles. The topological polar surface area (TPSA) is 59.0 Å². The molecule has 0 unspecified atom stereocenters. The minimum absolute atomic E-state index is 0. The predicted octanol–water partition coefficient (Wildman–Crippen LogP) is 2.14. The van der Waals surface area contributed by atoms with Crippen molar-refractivity contribution >= 4 is 29.9 Å². The highest BCUT2D eigenvalue weighted by Crippen LogP contribution is 2.28. The highest BCUT2D eigenvalue weighted by molar-refractivity contribution is 14.0. The van der Waals surface area contributed by atoms with Crippen LogP contribution in [-0.2, 0) is 11.3 Å². The van der Waals surface area contributed by atoms with Crippen LogP contribution in [0.3, 0.4) is 0 Å². The summed E-state index contributed by atoms with van der Waals surface area (Å²) < 4.78 is 10.8. The molecule has 130 valence electrons. The summed E-state index contributed by atoms with van der Waals surface area (Å²) in [7, 11) is 5.42. The van der Waals surface area contributed by atoms with E-state index >= 15 is 0 Å². The molecule has 0 aliphatic heterocycles. The number of rotatable bonds is 8. The first-order valence-electron chi connectivity index (χ1n) is 7.71. The van der Waals surface area contributed by atoms with Gasteiger partial charge in [0, 0.05) is 46.1 Å². The summed E-state index contributed by atoms with van der Waals surface area (Å²) in [5, 5.41) is 3.34. The molecule has 1 aromatic rings. The molecule has 23 heavy (non-hydrogen) atoms. The lowest BCUT2D eigenvalue weighted by atomic mass is 10.2. The molecule has 1 heterocycles. The molecule has 0 spiro atoms. The molecular weight excluding hydrogens is 407 g/mol. The average Bonchev–Trinajstić information content (AvgIpc) is 3.36. The molecule has 0 radical (unpaired) electrons. The van der Waals surface area contributed by atoms with Gasteiger partial charge in [0.15, 0.2) is 5.96 Å². The number of aromatic nitrogens is 1. The van der Waals surface area contributed by atoms with E-state index in [4.69, 9.17) is 9.47 Å². The summed E-state index contributed by atoms with van der Waals surface area (Å²) in [5.41, 5.74) is 1.10. The van der Waals surface area contributed by atoms with Crippen LogP contribution >= 0.6 is 24.0 Å². The van der Waals surface area contributed by atoms with E-state index < -0.39 is 0 Å². The fraction of sp³-hybridized carbons (Fsp3) is 0.625. The lowest BCUT2D eigenvalue weighted by molar-refractivity contribution is 0.115. The molecule has 2 rings (SSSR count). The fourth-order valence-corrected chi connectivity index (χ4v) is 2.08. The Kier molecular flexibility index (Phi) is 9.23. The van der Waals surface area contributed by atoms with Crippen molar-refractivity contribution in [2.24, 2.45) is 10.9 Å². The lowest BCUT2D eigenvalue weighted by Gasteiger charge is -2.22. The molecule has 0 atom stereocenters. The molecule has 0 aromatic carbocycles. The van der Waals surface area contributed by atoms with Crippen molar-refractivity contribution in [3.63, 3.8) is 0 Å². The summed E-state index contributed by atoms with van der Waals surface area (Å²) in [6, 6.07) is 3.88. The number of methoxy groups -OCH3 is 1. The molecule has 6 nitrogen and oxygen atoms in total. The van der Waals surface area contributed by atoms with Crippen LogP contribution in [0.2, 0.25) is 0 Å². The number of hydrogen-bond acceptors (Lipinski definition) is 4. The maximum absolute atomic E-state index is 5.67. The zero-order valence-electron chi connectivity index (χ0n) is 14.1. The zero-order valence-corrected chi connectivity index (χ0v) is 16.4. The average molecular weight is 434 g/mol. The third-order valence-electron chi connectivity index (χ3n) is 3.65. The largest absolute Gasteiger partial charge is 0.481 e. The van der Waals surface area contributed by atoms with Crippen molar-refractivity contribution in [2.45, 2.75) is 19.4 Å². The molecule has 1 saturated carbocycles. The number of hydrogen-bond donors (Lipinski definition) is 1. The SMILES string of the molecule is CN=C(NCc1ccnc(OC)c1)N(C)CCOCC1CC1.I. The van der Waals surface area contributed by atoms with Gasteiger partial charge < -0.3 is 19.7 Å². The van der Waals surface area contributed by atoms with Crippen molar-refractivity contribution in [3.05, 3.63) is 23.9 Å². The Labute approximate surface area is 155 Å². The van der Waals surface area contributed by atoms with E-state index in [1.54, 1.807) is 20.4 Å². The molecule has 1 fully saturated rings. The van der Waals surface area contributed by atoms with Crippen LogP contribution < -0.4 is 10.1 Å². The normalized spacial score (nSPS) is 14.1. The number of guanidine groups is 1. The molecule has 0 saturated heterocycles. The standard InChI is InChI=1S/C16H26N4O2.HI/c1-17-16(20(2)8-9-22-12-13-4-5-13)19-11-14-6-7-18-15(10-14)21-3;/h6-7,10,13H,4-5,8-9,11-12H2,1-3H3,(H,17,19);1H. The zero-order chi connectivity index (χ0) is 15.8. The smallest absolute Gasteiger partial charge is 0.213 e. The summed E-state index contributed by atoms with van der Waals surface area (Å²) >= 11 is 0. The van der Waals surface area contributed by atoms with Crippen molar-refractivity contribution in [1.29, 1.82) is 0 Å². The number of halogens is 1. The minimum Gasteiger partial charge on any atom is -0.481 e. The Hall–Kier alpha value is -1.09. The van der Waals surface area contributed by atoms with E-state index in [2.05, 4.69) is 20.2 Å². The van der Waals surface area contributed by atoms with Crippen molar-refractivity contribution in [2.75, 3.05) is 41.0 Å². The summed E-state index contributed by atoms with van der Waals surface area (Å²) in [4.78, 5) is 10.5. The van der Waals surface area contributed by atoms with Crippen LogP contribution in [0, 0.1) is 5.92 Å². The van der Waals surface area contributed by atoms with Gasteiger partial charge in [0.1, 0.15) is 0 Å². The van der Waals surface area contributed by atoms with Gasteiger partial charge in [0.2, 0.25) is 5.88 Å². The maximum atomic E-state index is 5.67. The van der Waals surface area contributed by atoms with Gasteiger partial charge in [-0.05, 0) is 30.4 Å². The first kappa shape index (κ1) is 20.0. The van der Waals surface area contributed by atoms with Gasteiger partial charge in [-0.25, -0.2) is 4.98 Å². The van der Waals surface area contributed by atoms with Gasteiger partial charge in [-0.1, -0.05) is 0 Å². The molecule has 1 N–H and O–H groups in total. The van der Waals surface area contributed by atoms with Gasteiger partial charge in [-0.3, -0.25) is 4.99 Å². The first-order valence-corrected chi connectivity index (χ1v) is 7.71. The number of ether oxygens (including phenoxy) is 2. The fourth-order valence-electron chi connectivity index (χ4n) is 2.08. The quantitative estimate of drug-likeness (QED) is 0.294. The van der Waals surface area contributed by atoms with Gasteiger partial charge >= 0.3 is 0 Å². The number of nitrogens with zero attached hydrogens (tertiary/aromatic N) is 3. The van der Waals surface area contributed by atoms with E-state index in [1.165, 1.54) is 12.8 Å². The maximum Gasteiger partial charge on any atom is 0.213 e. The predicted molar refractivity (Wildman–Crippen MR) is 103 cm³/mol. The van der Waals surface area contributed by atoms with E-state index in [0.717, 1.165) is 37.2 Å². The Balaban J connectivity index is 0.00000264. The number of pyridine rings is 1. The molecule has 1 aromatic heterocycles. The van der Waals surface area contributed by atoms with Crippen LogP contribution in [0.15, 0.2) is 23.3 Å². The Morgan fingerprint density at radius 1 is 1.48 bits per heavy atom. The lowest BCUT2D eigenvalue weighted by Crippen LogP contribution is -2.40. The summed E-state index contributed by atoms with van der Waals surface area (Å²) in [6.07, 6.45) is 4.40. The van der Waals surface area contributed by atoms with Crippen LogP contribution in [0.4, 0.5) is 0 Å². The third-order valence-corrected chi connectivity index (χ3v) is 3.65. The van der Waals surface area contributed by atoms with E-state index in [0.29, 0.717) is 12.4 Å². The Bertz CT molecular complexity index is 495. The van der Waals surface area contributed by atoms with E-state index in [-0.39, 0.29) is 24.0 Å². The van der Waals surface area contributed by atoms with Crippen LogP contribution in [0.25, 0.3) is 0 Å². The number of nitrogens with one attached hydrogen (secondary N) is 1. The molecule has 1 aliphatic rings. The minimum atomic E-state index is 0. The van der Waals surface area contributed by atoms with Gasteiger partial charge in [-0.15, -0.1) is 24.0 Å². The number of aliphatic imine (C=N–C) groups is 1. The van der Waals surface area contributed by atoms with Crippen molar-refractivity contribution in [1.82, 2.24) is 15.2 Å². The van der Waals surface area contributed by atoms with E-state index in [9.17, 15) is 0 Å². The number of likely N-dealkylation sites (N-methyl/N-ethyl adjacent to an activating group) is 1. The molecular formula is C16H27IN4O2. The molecule has 7 heteroatoms. The second-order valence-corrected chi connectivity index (χ2v) is 5.55. The monoisotopic (exact) mass is 434 g/mol.